The van der Waals surface area contributed by atoms with Crippen LogP contribution in [0.2, 0.25) is 0 Å². The standard InChI is InChI=1S/C12H13BrN4O2/c1-8(19-10-5-3-2-4-9(10)13)12(18)14-6-11-15-7-16-17-11/h2-5,7-8H,6H2,1H3,(H,14,18)(H,15,16,17)/t8-/m1/s1. The first-order chi connectivity index (χ1) is 9.16. The average molecular weight is 325 g/mol. The van der Waals surface area contributed by atoms with Crippen LogP contribution in [0.3, 0.4) is 0 Å². The summed E-state index contributed by atoms with van der Waals surface area (Å²) >= 11 is 3.36. The summed E-state index contributed by atoms with van der Waals surface area (Å²) in [6.45, 7) is 1.98. The Bertz CT molecular complexity index is 544. The van der Waals surface area contributed by atoms with Gasteiger partial charge in [0, 0.05) is 0 Å². The summed E-state index contributed by atoms with van der Waals surface area (Å²) in [5.41, 5.74) is 0. The van der Waals surface area contributed by atoms with E-state index in [1.54, 1.807) is 13.0 Å². The monoisotopic (exact) mass is 324 g/mol. The highest BCUT2D eigenvalue weighted by molar-refractivity contribution is 9.10. The lowest BCUT2D eigenvalue weighted by atomic mass is 10.3. The Morgan fingerprint density at radius 1 is 1.53 bits per heavy atom. The summed E-state index contributed by atoms with van der Waals surface area (Å²) in [7, 11) is 0. The molecule has 0 saturated heterocycles. The van der Waals surface area contributed by atoms with Crippen LogP contribution in [0, 0.1) is 0 Å². The van der Waals surface area contributed by atoms with Crippen LogP contribution in [0.15, 0.2) is 35.1 Å². The van der Waals surface area contributed by atoms with Crippen LogP contribution < -0.4 is 10.1 Å². The van der Waals surface area contributed by atoms with Crippen LogP contribution in [0.25, 0.3) is 0 Å². The zero-order valence-electron chi connectivity index (χ0n) is 10.3. The molecule has 1 amide bonds. The van der Waals surface area contributed by atoms with Gasteiger partial charge in [0.15, 0.2) is 6.10 Å². The van der Waals surface area contributed by atoms with Gasteiger partial charge in [-0.05, 0) is 35.0 Å². The lowest BCUT2D eigenvalue weighted by molar-refractivity contribution is -0.127. The van der Waals surface area contributed by atoms with Crippen molar-refractivity contribution in [2.24, 2.45) is 0 Å². The fraction of sp³-hybridized carbons (Fsp3) is 0.250. The first-order valence-corrected chi connectivity index (χ1v) is 6.49. The molecule has 0 radical (unpaired) electrons. The summed E-state index contributed by atoms with van der Waals surface area (Å²) < 4.78 is 6.38. The Balaban J connectivity index is 1.87. The van der Waals surface area contributed by atoms with Crippen LogP contribution in [0.5, 0.6) is 5.75 Å². The molecule has 2 aromatic rings. The molecule has 6 nitrogen and oxygen atoms in total. The first-order valence-electron chi connectivity index (χ1n) is 5.70. The summed E-state index contributed by atoms with van der Waals surface area (Å²) in [6, 6.07) is 7.38. The van der Waals surface area contributed by atoms with E-state index in [1.807, 2.05) is 18.2 Å². The molecule has 1 atom stereocenters. The third kappa shape index (κ3) is 3.78. The highest BCUT2D eigenvalue weighted by atomic mass is 79.9. The zero-order chi connectivity index (χ0) is 13.7. The molecule has 2 rings (SSSR count). The molecule has 0 aliphatic heterocycles. The van der Waals surface area contributed by atoms with Crippen LogP contribution in [0.4, 0.5) is 0 Å². The predicted molar refractivity (Wildman–Crippen MR) is 72.5 cm³/mol. The van der Waals surface area contributed by atoms with Crippen LogP contribution in [0.1, 0.15) is 12.7 Å². The van der Waals surface area contributed by atoms with Crippen molar-refractivity contribution >= 4 is 21.8 Å². The highest BCUT2D eigenvalue weighted by Gasteiger charge is 2.15. The quantitative estimate of drug-likeness (QED) is 0.876. The van der Waals surface area contributed by atoms with Crippen molar-refractivity contribution in [1.82, 2.24) is 20.5 Å². The van der Waals surface area contributed by atoms with Gasteiger partial charge >= 0.3 is 0 Å². The second-order valence-corrected chi connectivity index (χ2v) is 4.69. The molecule has 0 fully saturated rings. The Hall–Kier alpha value is -1.89. The smallest absolute Gasteiger partial charge is 0.261 e. The SMILES string of the molecule is C[C@@H](Oc1ccccc1Br)C(=O)NCc1ncn[nH]1. The van der Waals surface area contributed by atoms with E-state index in [0.29, 0.717) is 18.1 Å². The molecule has 1 aromatic carbocycles. The van der Waals surface area contributed by atoms with Crippen LogP contribution in [-0.2, 0) is 11.3 Å². The predicted octanol–water partition coefficient (Wildman–Crippen LogP) is 1.65. The minimum Gasteiger partial charge on any atom is -0.480 e. The molecule has 100 valence electrons. The Morgan fingerprint density at radius 3 is 3.00 bits per heavy atom. The van der Waals surface area contributed by atoms with Crippen molar-refractivity contribution in [3.8, 4) is 5.75 Å². The van der Waals surface area contributed by atoms with E-state index in [9.17, 15) is 4.79 Å². The second kappa shape index (κ2) is 6.33. The molecule has 0 unspecified atom stereocenters. The van der Waals surface area contributed by atoms with Crippen molar-refractivity contribution in [1.29, 1.82) is 0 Å². The maximum atomic E-state index is 11.8. The number of aromatic amines is 1. The van der Waals surface area contributed by atoms with Gasteiger partial charge in [0.05, 0.1) is 11.0 Å². The number of nitrogens with zero attached hydrogens (tertiary/aromatic N) is 2. The van der Waals surface area contributed by atoms with Crippen molar-refractivity contribution in [3.05, 3.63) is 40.9 Å². The summed E-state index contributed by atoms with van der Waals surface area (Å²) in [5, 5.41) is 9.08. The minimum atomic E-state index is -0.596. The summed E-state index contributed by atoms with van der Waals surface area (Å²) in [4.78, 5) is 15.8. The molecule has 0 saturated carbocycles. The molecule has 7 heteroatoms. The highest BCUT2D eigenvalue weighted by Crippen LogP contribution is 2.24. The van der Waals surface area contributed by atoms with Crippen LogP contribution >= 0.6 is 15.9 Å². The third-order valence-corrected chi connectivity index (χ3v) is 3.06. The number of aromatic nitrogens is 3. The molecular weight excluding hydrogens is 312 g/mol. The molecule has 19 heavy (non-hydrogen) atoms. The normalized spacial score (nSPS) is 11.9. The third-order valence-electron chi connectivity index (χ3n) is 2.40. The number of hydrogen-bond donors (Lipinski definition) is 2. The van der Waals surface area contributed by atoms with Gasteiger partial charge in [0.2, 0.25) is 0 Å². The first kappa shape index (κ1) is 13.5. The zero-order valence-corrected chi connectivity index (χ0v) is 11.8. The van der Waals surface area contributed by atoms with Gasteiger partial charge in [-0.1, -0.05) is 12.1 Å². The fourth-order valence-electron chi connectivity index (χ4n) is 1.41. The number of halogens is 1. The number of H-pyrrole nitrogens is 1. The lowest BCUT2D eigenvalue weighted by Crippen LogP contribution is -2.36. The van der Waals surface area contributed by atoms with Crippen molar-refractivity contribution < 1.29 is 9.53 Å². The summed E-state index contributed by atoms with van der Waals surface area (Å²) in [5.74, 6) is 1.01. The fourth-order valence-corrected chi connectivity index (χ4v) is 1.79. The molecule has 0 bridgehead atoms. The molecule has 1 heterocycles. The van der Waals surface area contributed by atoms with Gasteiger partial charge in [-0.15, -0.1) is 0 Å². The molecule has 0 aliphatic rings. The molecule has 0 spiro atoms. The van der Waals surface area contributed by atoms with E-state index in [-0.39, 0.29) is 5.91 Å². The van der Waals surface area contributed by atoms with E-state index in [1.165, 1.54) is 6.33 Å². The lowest BCUT2D eigenvalue weighted by Gasteiger charge is -2.15. The number of nitrogens with one attached hydrogen (secondary N) is 2. The molecular formula is C12H13BrN4O2. The van der Waals surface area contributed by atoms with Crippen LogP contribution in [-0.4, -0.2) is 27.2 Å². The maximum Gasteiger partial charge on any atom is 0.261 e. The van der Waals surface area contributed by atoms with Gasteiger partial charge in [0.25, 0.3) is 5.91 Å². The van der Waals surface area contributed by atoms with E-state index >= 15 is 0 Å². The van der Waals surface area contributed by atoms with E-state index in [2.05, 4.69) is 36.4 Å². The molecule has 0 aliphatic carbocycles. The number of amides is 1. The van der Waals surface area contributed by atoms with Gasteiger partial charge < -0.3 is 10.1 Å². The Kier molecular flexibility index (Phi) is 4.51. The van der Waals surface area contributed by atoms with E-state index in [0.717, 1.165) is 4.47 Å². The number of ether oxygens (including phenoxy) is 1. The number of rotatable bonds is 5. The number of carbonyl (C=O) groups excluding carboxylic acids is 1. The van der Waals surface area contributed by atoms with E-state index < -0.39 is 6.10 Å². The van der Waals surface area contributed by atoms with Crippen molar-refractivity contribution in [2.45, 2.75) is 19.6 Å². The maximum absolute atomic E-state index is 11.8. The average Bonchev–Trinajstić information content (AvgIpc) is 2.91. The number of benzene rings is 1. The van der Waals surface area contributed by atoms with E-state index in [4.69, 9.17) is 4.74 Å². The molecule has 2 N–H and O–H groups in total. The minimum absolute atomic E-state index is 0.216. The Labute approximate surface area is 118 Å². The Morgan fingerprint density at radius 2 is 2.32 bits per heavy atom. The number of hydrogen-bond acceptors (Lipinski definition) is 4. The second-order valence-electron chi connectivity index (χ2n) is 3.84. The summed E-state index contributed by atoms with van der Waals surface area (Å²) in [6.07, 6.45) is 0.796. The van der Waals surface area contributed by atoms with Gasteiger partial charge in [0.1, 0.15) is 17.9 Å². The topological polar surface area (TPSA) is 79.9 Å². The largest absolute Gasteiger partial charge is 0.480 e. The van der Waals surface area contributed by atoms with Crippen molar-refractivity contribution in [2.75, 3.05) is 0 Å². The number of carbonyl (C=O) groups is 1. The molecule has 1 aromatic heterocycles. The number of para-hydroxylation sites is 1. The van der Waals surface area contributed by atoms with Gasteiger partial charge in [-0.3, -0.25) is 9.89 Å². The van der Waals surface area contributed by atoms with Crippen molar-refractivity contribution in [3.63, 3.8) is 0 Å². The van der Waals surface area contributed by atoms with Gasteiger partial charge in [-0.25, -0.2) is 4.98 Å². The van der Waals surface area contributed by atoms with Gasteiger partial charge in [-0.2, -0.15) is 5.10 Å².